The van der Waals surface area contributed by atoms with E-state index in [0.717, 1.165) is 42.7 Å². The van der Waals surface area contributed by atoms with Gasteiger partial charge in [-0.2, -0.15) is 0 Å². The second-order valence-electron chi connectivity index (χ2n) is 6.91. The molecule has 4 nitrogen and oxygen atoms in total. The van der Waals surface area contributed by atoms with E-state index in [1.807, 2.05) is 32.0 Å². The number of ether oxygens (including phenoxy) is 2. The van der Waals surface area contributed by atoms with E-state index in [1.54, 1.807) is 0 Å². The molecule has 1 N–H and O–H groups in total. The first-order chi connectivity index (χ1) is 11.5. The van der Waals surface area contributed by atoms with Crippen molar-refractivity contribution in [2.75, 3.05) is 18.5 Å². The van der Waals surface area contributed by atoms with Crippen molar-refractivity contribution in [3.63, 3.8) is 0 Å². The summed E-state index contributed by atoms with van der Waals surface area (Å²) in [6.45, 7) is 9.51. The number of benzene rings is 1. The summed E-state index contributed by atoms with van der Waals surface area (Å²) in [4.78, 5) is 13.0. The highest BCUT2D eigenvalue weighted by Gasteiger charge is 2.42. The van der Waals surface area contributed by atoms with Crippen LogP contribution in [0.15, 0.2) is 18.2 Å². The van der Waals surface area contributed by atoms with E-state index in [2.05, 4.69) is 19.2 Å². The van der Waals surface area contributed by atoms with Crippen molar-refractivity contribution in [1.29, 1.82) is 0 Å². The Hall–Kier alpha value is -1.55. The van der Waals surface area contributed by atoms with Gasteiger partial charge in [-0.15, -0.1) is 0 Å². The fraction of sp³-hybridized carbons (Fsp3) is 0.650. The monoisotopic (exact) mass is 333 g/mol. The first-order valence-corrected chi connectivity index (χ1v) is 9.19. The van der Waals surface area contributed by atoms with Crippen molar-refractivity contribution >= 4 is 11.6 Å². The molecule has 1 aromatic carbocycles. The Morgan fingerprint density at radius 1 is 1.38 bits per heavy atom. The minimum absolute atomic E-state index is 0.00828. The lowest BCUT2D eigenvalue weighted by atomic mass is 9.78. The van der Waals surface area contributed by atoms with Gasteiger partial charge in [-0.25, -0.2) is 0 Å². The number of aryl methyl sites for hydroxylation is 1. The summed E-state index contributed by atoms with van der Waals surface area (Å²) in [6.07, 6.45) is 4.74. The minimum atomic E-state index is -0.680. The molecule has 0 saturated heterocycles. The maximum Gasteiger partial charge on any atom is 0.256 e. The van der Waals surface area contributed by atoms with Gasteiger partial charge in [0.15, 0.2) is 0 Å². The maximum atomic E-state index is 13.0. The number of rotatable bonds is 7. The van der Waals surface area contributed by atoms with Gasteiger partial charge in [0, 0.05) is 12.3 Å². The summed E-state index contributed by atoms with van der Waals surface area (Å²) in [5, 5.41) is 3.07. The Morgan fingerprint density at radius 2 is 2.17 bits per heavy atom. The quantitative estimate of drug-likeness (QED) is 0.786. The Labute approximate surface area is 145 Å². The number of nitrogens with one attached hydrogen (secondary N) is 1. The van der Waals surface area contributed by atoms with Gasteiger partial charge in [-0.05, 0) is 69.2 Å². The summed E-state index contributed by atoms with van der Waals surface area (Å²) in [5.74, 6) is 1.37. The molecule has 1 amide bonds. The molecular formula is C20H31NO3. The first kappa shape index (κ1) is 18.8. The molecule has 4 heteroatoms. The van der Waals surface area contributed by atoms with Crippen LogP contribution in [-0.4, -0.2) is 24.7 Å². The number of carbonyl (C=O) groups is 1. The van der Waals surface area contributed by atoms with Crippen LogP contribution < -0.4 is 10.1 Å². The van der Waals surface area contributed by atoms with E-state index in [9.17, 15) is 4.79 Å². The zero-order chi connectivity index (χ0) is 17.6. The average molecular weight is 333 g/mol. The molecule has 0 bridgehead atoms. The average Bonchev–Trinajstić information content (AvgIpc) is 2.55. The van der Waals surface area contributed by atoms with E-state index in [-0.39, 0.29) is 5.91 Å². The van der Waals surface area contributed by atoms with Gasteiger partial charge in [0.25, 0.3) is 5.91 Å². The molecule has 24 heavy (non-hydrogen) atoms. The van der Waals surface area contributed by atoms with Crippen LogP contribution in [0.2, 0.25) is 0 Å². The van der Waals surface area contributed by atoms with Crippen molar-refractivity contribution in [3.8, 4) is 5.75 Å². The summed E-state index contributed by atoms with van der Waals surface area (Å²) in [5.41, 5.74) is 1.15. The standard InChI is InChI=1S/C20H31NO3/c1-5-12-24-20(11-7-8-15(3)14-20)19(22)21-17-9-10-18(23-6-2)16(4)13-17/h9-10,13,15H,5-8,11-12,14H2,1-4H3,(H,21,22)/t15-,20+/m0/s1. The minimum Gasteiger partial charge on any atom is -0.494 e. The Bertz CT molecular complexity index is 558. The maximum absolute atomic E-state index is 13.0. The van der Waals surface area contributed by atoms with Crippen LogP contribution >= 0.6 is 0 Å². The zero-order valence-corrected chi connectivity index (χ0v) is 15.5. The summed E-state index contributed by atoms with van der Waals surface area (Å²) in [7, 11) is 0. The molecule has 0 heterocycles. The molecule has 0 spiro atoms. The van der Waals surface area contributed by atoms with E-state index in [1.165, 1.54) is 6.42 Å². The van der Waals surface area contributed by atoms with Gasteiger partial charge in [-0.1, -0.05) is 20.3 Å². The Balaban J connectivity index is 2.13. The molecule has 2 atom stereocenters. The SMILES string of the molecule is CCCO[C@]1(C(=O)Nc2ccc(OCC)c(C)c2)CCC[C@H](C)C1. The van der Waals surface area contributed by atoms with Crippen LogP contribution in [0.5, 0.6) is 5.75 Å². The lowest BCUT2D eigenvalue weighted by Crippen LogP contribution is -2.48. The number of anilines is 1. The third kappa shape index (κ3) is 4.50. The van der Waals surface area contributed by atoms with E-state index >= 15 is 0 Å². The van der Waals surface area contributed by atoms with E-state index < -0.39 is 5.60 Å². The first-order valence-electron chi connectivity index (χ1n) is 9.19. The summed E-state index contributed by atoms with van der Waals surface area (Å²) < 4.78 is 11.6. The Kier molecular flexibility index (Phi) is 6.67. The van der Waals surface area contributed by atoms with Gasteiger partial charge in [0.1, 0.15) is 11.4 Å². The molecule has 1 aromatic rings. The summed E-state index contributed by atoms with van der Waals surface area (Å²) in [6, 6.07) is 5.77. The van der Waals surface area contributed by atoms with Crippen LogP contribution in [0.25, 0.3) is 0 Å². The topological polar surface area (TPSA) is 47.6 Å². The molecular weight excluding hydrogens is 302 g/mol. The molecule has 2 rings (SSSR count). The number of carbonyl (C=O) groups excluding carboxylic acids is 1. The van der Waals surface area contributed by atoms with E-state index in [0.29, 0.717) is 19.1 Å². The van der Waals surface area contributed by atoms with Crippen LogP contribution in [0, 0.1) is 12.8 Å². The van der Waals surface area contributed by atoms with Gasteiger partial charge in [0.05, 0.1) is 6.61 Å². The second-order valence-corrected chi connectivity index (χ2v) is 6.91. The lowest BCUT2D eigenvalue weighted by molar-refractivity contribution is -0.148. The smallest absolute Gasteiger partial charge is 0.256 e. The third-order valence-corrected chi connectivity index (χ3v) is 4.68. The largest absolute Gasteiger partial charge is 0.494 e. The molecule has 0 radical (unpaired) electrons. The van der Waals surface area contributed by atoms with Crippen molar-refractivity contribution < 1.29 is 14.3 Å². The Morgan fingerprint density at radius 3 is 2.79 bits per heavy atom. The molecule has 0 aliphatic heterocycles. The third-order valence-electron chi connectivity index (χ3n) is 4.68. The van der Waals surface area contributed by atoms with Crippen LogP contribution in [0.4, 0.5) is 5.69 Å². The molecule has 134 valence electrons. The molecule has 1 fully saturated rings. The highest BCUT2D eigenvalue weighted by molar-refractivity contribution is 5.97. The van der Waals surface area contributed by atoms with Crippen LogP contribution in [0.1, 0.15) is 58.4 Å². The predicted molar refractivity (Wildman–Crippen MR) is 97.6 cm³/mol. The number of amides is 1. The summed E-state index contributed by atoms with van der Waals surface area (Å²) >= 11 is 0. The van der Waals surface area contributed by atoms with Gasteiger partial charge in [-0.3, -0.25) is 4.79 Å². The van der Waals surface area contributed by atoms with Crippen LogP contribution in [-0.2, 0) is 9.53 Å². The lowest BCUT2D eigenvalue weighted by Gasteiger charge is -2.38. The highest BCUT2D eigenvalue weighted by Crippen LogP contribution is 2.36. The number of hydrogen-bond acceptors (Lipinski definition) is 3. The second kappa shape index (κ2) is 8.52. The number of hydrogen-bond donors (Lipinski definition) is 1. The van der Waals surface area contributed by atoms with Crippen molar-refractivity contribution in [1.82, 2.24) is 0 Å². The molecule has 0 aromatic heterocycles. The van der Waals surface area contributed by atoms with Crippen molar-refractivity contribution in [3.05, 3.63) is 23.8 Å². The molecule has 1 aliphatic carbocycles. The van der Waals surface area contributed by atoms with Gasteiger partial charge < -0.3 is 14.8 Å². The van der Waals surface area contributed by atoms with Crippen LogP contribution in [0.3, 0.4) is 0 Å². The zero-order valence-electron chi connectivity index (χ0n) is 15.5. The van der Waals surface area contributed by atoms with Crippen molar-refractivity contribution in [2.45, 2.75) is 65.4 Å². The predicted octanol–water partition coefficient (Wildman–Crippen LogP) is 4.71. The molecule has 0 unspecified atom stereocenters. The molecule has 1 aliphatic rings. The fourth-order valence-corrected chi connectivity index (χ4v) is 3.49. The highest BCUT2D eigenvalue weighted by atomic mass is 16.5. The van der Waals surface area contributed by atoms with Crippen molar-refractivity contribution in [2.24, 2.45) is 5.92 Å². The van der Waals surface area contributed by atoms with Gasteiger partial charge in [0.2, 0.25) is 0 Å². The van der Waals surface area contributed by atoms with E-state index in [4.69, 9.17) is 9.47 Å². The molecule has 1 saturated carbocycles. The normalized spacial score (nSPS) is 23.8. The van der Waals surface area contributed by atoms with Gasteiger partial charge >= 0.3 is 0 Å². The fourth-order valence-electron chi connectivity index (χ4n) is 3.49.